The predicted octanol–water partition coefficient (Wildman–Crippen LogP) is 4.12. The van der Waals surface area contributed by atoms with Crippen LogP contribution in [-0.4, -0.2) is 49.1 Å². The van der Waals surface area contributed by atoms with E-state index in [0.29, 0.717) is 5.56 Å². The van der Waals surface area contributed by atoms with Gasteiger partial charge in [0.25, 0.3) is 5.91 Å². The third-order valence-corrected chi connectivity index (χ3v) is 5.70. The van der Waals surface area contributed by atoms with Crippen molar-refractivity contribution in [1.29, 1.82) is 0 Å². The van der Waals surface area contributed by atoms with Crippen molar-refractivity contribution in [2.75, 3.05) is 25.6 Å². The van der Waals surface area contributed by atoms with Crippen LogP contribution in [0.2, 0.25) is 0 Å². The van der Waals surface area contributed by atoms with Gasteiger partial charge in [0.15, 0.2) is 0 Å². The van der Waals surface area contributed by atoms with Gasteiger partial charge in [0, 0.05) is 30.3 Å². The number of cyclic esters (lactones) is 1. The third kappa shape index (κ3) is 5.57. The van der Waals surface area contributed by atoms with Gasteiger partial charge in [0.05, 0.1) is 12.2 Å². The highest BCUT2D eigenvalue weighted by Gasteiger charge is 2.61. The normalized spacial score (nSPS) is 15.3. The summed E-state index contributed by atoms with van der Waals surface area (Å²) in [6, 6.07) is 7.21. The highest BCUT2D eigenvalue weighted by atomic mass is 19.4. The summed E-state index contributed by atoms with van der Waals surface area (Å²) in [4.78, 5) is 24.4. The lowest BCUT2D eigenvalue weighted by Gasteiger charge is -2.37. The SMILES string of the molecule is COCCOc1ccc(F)cc1C(C)(C)CC(O)(C(=O)Nc1ccc2c(c1)COC2=O)C(F)(F)F. The fourth-order valence-corrected chi connectivity index (χ4v) is 3.88. The van der Waals surface area contributed by atoms with E-state index in [0.717, 1.165) is 12.1 Å². The molecular formula is C24H25F4NO6. The number of carbonyl (C=O) groups excluding carboxylic acids is 2. The van der Waals surface area contributed by atoms with Crippen LogP contribution in [0.5, 0.6) is 5.75 Å². The molecule has 2 aromatic rings. The molecule has 35 heavy (non-hydrogen) atoms. The van der Waals surface area contributed by atoms with E-state index < -0.39 is 41.3 Å². The maximum atomic E-state index is 14.1. The smallest absolute Gasteiger partial charge is 0.426 e. The molecule has 0 saturated carbocycles. The van der Waals surface area contributed by atoms with Gasteiger partial charge in [-0.3, -0.25) is 4.79 Å². The molecular weight excluding hydrogens is 474 g/mol. The van der Waals surface area contributed by atoms with Crippen molar-refractivity contribution in [3.8, 4) is 5.75 Å². The van der Waals surface area contributed by atoms with E-state index >= 15 is 0 Å². The average Bonchev–Trinajstić information content (AvgIpc) is 3.13. The third-order valence-electron chi connectivity index (χ3n) is 5.70. The molecule has 2 N–H and O–H groups in total. The quantitative estimate of drug-likeness (QED) is 0.306. The van der Waals surface area contributed by atoms with E-state index in [2.05, 4.69) is 5.32 Å². The Morgan fingerprint density at radius 2 is 1.86 bits per heavy atom. The van der Waals surface area contributed by atoms with Crippen LogP contribution in [0.3, 0.4) is 0 Å². The highest BCUT2D eigenvalue weighted by Crippen LogP contribution is 2.44. The van der Waals surface area contributed by atoms with Gasteiger partial charge >= 0.3 is 12.1 Å². The van der Waals surface area contributed by atoms with Crippen LogP contribution in [0, 0.1) is 5.82 Å². The number of fused-ring (bicyclic) bond motifs is 1. The number of alkyl halides is 3. The Kier molecular flexibility index (Phi) is 7.42. The molecule has 0 fully saturated rings. The summed E-state index contributed by atoms with van der Waals surface area (Å²) in [6.45, 7) is 2.84. The van der Waals surface area contributed by atoms with E-state index in [-0.39, 0.29) is 42.4 Å². The number of halogens is 4. The van der Waals surface area contributed by atoms with E-state index in [1.165, 1.54) is 45.2 Å². The second-order valence-corrected chi connectivity index (χ2v) is 8.80. The van der Waals surface area contributed by atoms with Gasteiger partial charge in [-0.15, -0.1) is 0 Å². The second-order valence-electron chi connectivity index (χ2n) is 8.80. The molecule has 190 valence electrons. The van der Waals surface area contributed by atoms with E-state index in [1.807, 2.05) is 0 Å². The molecule has 0 bridgehead atoms. The summed E-state index contributed by atoms with van der Waals surface area (Å²) < 4.78 is 71.6. The van der Waals surface area contributed by atoms with Crippen molar-refractivity contribution in [3.05, 3.63) is 58.9 Å². The number of carbonyl (C=O) groups is 2. The zero-order valence-electron chi connectivity index (χ0n) is 19.3. The minimum absolute atomic E-state index is 0.0391. The van der Waals surface area contributed by atoms with E-state index in [9.17, 15) is 32.3 Å². The maximum Gasteiger partial charge on any atom is 0.426 e. The molecule has 1 amide bonds. The van der Waals surface area contributed by atoms with Gasteiger partial charge in [0.1, 0.15) is 24.8 Å². The number of hydrogen-bond acceptors (Lipinski definition) is 6. The first kappa shape index (κ1) is 26.4. The molecule has 0 aromatic heterocycles. The number of benzene rings is 2. The zero-order valence-corrected chi connectivity index (χ0v) is 19.3. The van der Waals surface area contributed by atoms with Crippen molar-refractivity contribution < 1.29 is 46.5 Å². The van der Waals surface area contributed by atoms with Gasteiger partial charge in [0.2, 0.25) is 5.60 Å². The number of amides is 1. The highest BCUT2D eigenvalue weighted by molar-refractivity contribution is 5.99. The molecule has 7 nitrogen and oxygen atoms in total. The van der Waals surface area contributed by atoms with Gasteiger partial charge in [-0.2, -0.15) is 13.2 Å². The van der Waals surface area contributed by atoms with Crippen LogP contribution in [0.25, 0.3) is 0 Å². The van der Waals surface area contributed by atoms with Crippen LogP contribution in [-0.2, 0) is 26.3 Å². The van der Waals surface area contributed by atoms with E-state index in [1.54, 1.807) is 0 Å². The first-order valence-corrected chi connectivity index (χ1v) is 10.6. The molecule has 0 saturated heterocycles. The zero-order chi connectivity index (χ0) is 26.0. The van der Waals surface area contributed by atoms with Crippen LogP contribution in [0.15, 0.2) is 36.4 Å². The lowest BCUT2D eigenvalue weighted by molar-refractivity contribution is -0.254. The average molecular weight is 499 g/mol. The molecule has 1 unspecified atom stereocenters. The first-order valence-electron chi connectivity index (χ1n) is 10.6. The van der Waals surface area contributed by atoms with Gasteiger partial charge in [-0.05, 0) is 41.8 Å². The van der Waals surface area contributed by atoms with Gasteiger partial charge < -0.3 is 24.6 Å². The molecule has 2 aromatic carbocycles. The predicted molar refractivity (Wildman–Crippen MR) is 117 cm³/mol. The Morgan fingerprint density at radius 1 is 1.14 bits per heavy atom. The number of ether oxygens (including phenoxy) is 3. The lowest BCUT2D eigenvalue weighted by Crippen LogP contribution is -2.57. The Balaban J connectivity index is 1.91. The van der Waals surface area contributed by atoms with Crippen molar-refractivity contribution in [2.24, 2.45) is 0 Å². The molecule has 1 heterocycles. The van der Waals surface area contributed by atoms with Crippen molar-refractivity contribution in [3.63, 3.8) is 0 Å². The topological polar surface area (TPSA) is 94.1 Å². The number of methoxy groups -OCH3 is 1. The van der Waals surface area contributed by atoms with Crippen LogP contribution in [0.4, 0.5) is 23.2 Å². The van der Waals surface area contributed by atoms with Crippen molar-refractivity contribution in [1.82, 2.24) is 0 Å². The van der Waals surface area contributed by atoms with Crippen LogP contribution < -0.4 is 10.1 Å². The molecule has 1 aliphatic rings. The standard InChI is InChI=1S/C24H25F4NO6/c1-22(2,18-11-15(25)4-7-19(18)34-9-8-33-3)13-23(32,24(26,27)28)21(31)29-16-5-6-17-14(10-16)12-35-20(17)30/h4-7,10-11,32H,8-9,12-13H2,1-3H3,(H,29,31). The fraction of sp³-hybridized carbons (Fsp3) is 0.417. The summed E-state index contributed by atoms with van der Waals surface area (Å²) >= 11 is 0. The fourth-order valence-electron chi connectivity index (χ4n) is 3.88. The van der Waals surface area contributed by atoms with Crippen molar-refractivity contribution >= 4 is 17.6 Å². The minimum atomic E-state index is -5.37. The number of nitrogens with one attached hydrogen (secondary N) is 1. The summed E-state index contributed by atoms with van der Waals surface area (Å²) in [5.74, 6) is -2.92. The number of esters is 1. The Bertz CT molecular complexity index is 1120. The Morgan fingerprint density at radius 3 is 2.51 bits per heavy atom. The molecule has 1 atom stereocenters. The number of anilines is 1. The molecule has 3 rings (SSSR count). The summed E-state index contributed by atoms with van der Waals surface area (Å²) in [5.41, 5.74) is -4.79. The summed E-state index contributed by atoms with van der Waals surface area (Å²) in [5, 5.41) is 12.8. The van der Waals surface area contributed by atoms with Gasteiger partial charge in [-0.25, -0.2) is 9.18 Å². The molecule has 0 spiro atoms. The maximum absolute atomic E-state index is 14.1. The second kappa shape index (κ2) is 9.82. The summed E-state index contributed by atoms with van der Waals surface area (Å²) in [7, 11) is 1.44. The first-order chi connectivity index (χ1) is 16.3. The number of aliphatic hydroxyl groups is 1. The molecule has 0 radical (unpaired) electrons. The van der Waals surface area contributed by atoms with Crippen LogP contribution >= 0.6 is 0 Å². The number of hydrogen-bond donors (Lipinski definition) is 2. The molecule has 0 aliphatic carbocycles. The van der Waals surface area contributed by atoms with Crippen LogP contribution in [0.1, 0.15) is 41.8 Å². The number of rotatable bonds is 9. The Hall–Kier alpha value is -3.18. The minimum Gasteiger partial charge on any atom is -0.491 e. The molecule has 11 heteroatoms. The molecule has 1 aliphatic heterocycles. The van der Waals surface area contributed by atoms with E-state index in [4.69, 9.17) is 14.2 Å². The summed E-state index contributed by atoms with van der Waals surface area (Å²) in [6.07, 6.45) is -6.50. The largest absolute Gasteiger partial charge is 0.491 e. The lowest BCUT2D eigenvalue weighted by atomic mass is 9.74. The van der Waals surface area contributed by atoms with Crippen molar-refractivity contribution in [2.45, 2.75) is 44.1 Å². The monoisotopic (exact) mass is 499 g/mol. The Labute approximate surface area is 199 Å². The van der Waals surface area contributed by atoms with Gasteiger partial charge in [-0.1, -0.05) is 13.8 Å².